The number of carbonyl (C=O) groups excluding carboxylic acids is 4. The Bertz CT molecular complexity index is 1540. The Morgan fingerprint density at radius 2 is 1.94 bits per heavy atom. The number of aliphatic hydroxyl groups is 1. The average molecular weight is 724 g/mol. The molecule has 4 rings (SSSR count). The van der Waals surface area contributed by atoms with E-state index in [1.54, 1.807) is 45.2 Å². The third kappa shape index (κ3) is 7.73. The number of alkyl carbamates (subject to hydrolysis) is 1. The number of hydrogen-bond donors (Lipinski definition) is 3. The molecule has 0 aromatic heterocycles. The van der Waals surface area contributed by atoms with Gasteiger partial charge in [0.1, 0.15) is 46.3 Å². The standard InChI is InChI=1S/C34H46ClN3O10S/c1-19-10-9-11-24(45-8)34(43)18-26(47-31(42)36-34)33(4)32(3,48-33)25(46-30(41)20(2)37(5)27(39)12-13-49)17-28(40)38(6)22-15-21(14-19)16-23(44-7)29(22)35/h9-11,15-16,20,24-26,43,49H,12-14,17-18H2,1-8H3,(H,36,42)/b11-9+,19-10+. The van der Waals surface area contributed by atoms with E-state index in [0.29, 0.717) is 23.6 Å². The lowest BCUT2D eigenvalue weighted by molar-refractivity contribution is -0.162. The van der Waals surface area contributed by atoms with Crippen molar-refractivity contribution < 1.29 is 48.0 Å². The molecule has 3 heterocycles. The Labute approximate surface area is 297 Å². The fourth-order valence-electron chi connectivity index (χ4n) is 6.32. The van der Waals surface area contributed by atoms with Gasteiger partial charge in [0.25, 0.3) is 0 Å². The van der Waals surface area contributed by atoms with Crippen molar-refractivity contribution in [1.29, 1.82) is 0 Å². The van der Waals surface area contributed by atoms with E-state index in [1.807, 2.05) is 13.0 Å². The first-order chi connectivity index (χ1) is 22.9. The molecule has 3 aliphatic rings. The van der Waals surface area contributed by atoms with Gasteiger partial charge in [-0.05, 0) is 57.6 Å². The summed E-state index contributed by atoms with van der Waals surface area (Å²) in [5.41, 5.74) is -2.52. The number of methoxy groups -OCH3 is 2. The topological polar surface area (TPSA) is 156 Å². The van der Waals surface area contributed by atoms with Crippen LogP contribution in [0.2, 0.25) is 5.02 Å². The molecule has 3 aliphatic heterocycles. The summed E-state index contributed by atoms with van der Waals surface area (Å²) in [6.07, 6.45) is 1.05. The number of halogens is 1. The van der Waals surface area contributed by atoms with Crippen molar-refractivity contribution in [3.8, 4) is 5.75 Å². The van der Waals surface area contributed by atoms with Crippen molar-refractivity contribution in [2.24, 2.45) is 0 Å². The van der Waals surface area contributed by atoms with Crippen molar-refractivity contribution in [2.75, 3.05) is 39.0 Å². The van der Waals surface area contributed by atoms with Gasteiger partial charge in [-0.25, -0.2) is 9.59 Å². The number of hydrogen-bond acceptors (Lipinski definition) is 11. The number of esters is 1. The Morgan fingerprint density at radius 1 is 1.24 bits per heavy atom. The van der Waals surface area contributed by atoms with Gasteiger partial charge in [0.2, 0.25) is 11.8 Å². The minimum atomic E-state index is -1.90. The summed E-state index contributed by atoms with van der Waals surface area (Å²) in [6.45, 7) is 6.73. The summed E-state index contributed by atoms with van der Waals surface area (Å²) in [5.74, 6) is -0.896. The van der Waals surface area contributed by atoms with Gasteiger partial charge in [-0.1, -0.05) is 35.4 Å². The third-order valence-corrected chi connectivity index (χ3v) is 10.4. The van der Waals surface area contributed by atoms with Crippen LogP contribution >= 0.6 is 24.2 Å². The van der Waals surface area contributed by atoms with Crippen molar-refractivity contribution in [3.05, 3.63) is 46.5 Å². The molecule has 7 unspecified atom stereocenters. The Morgan fingerprint density at radius 3 is 2.57 bits per heavy atom. The normalized spacial score (nSPS) is 32.5. The van der Waals surface area contributed by atoms with Gasteiger partial charge in [0, 0.05) is 34.0 Å². The molecule has 0 spiro atoms. The van der Waals surface area contributed by atoms with Gasteiger partial charge in [-0.15, -0.1) is 0 Å². The van der Waals surface area contributed by atoms with Crippen LogP contribution in [0.25, 0.3) is 0 Å². The lowest BCUT2D eigenvalue weighted by atomic mass is 9.80. The summed E-state index contributed by atoms with van der Waals surface area (Å²) >= 11 is 10.8. The van der Waals surface area contributed by atoms with E-state index >= 15 is 0 Å². The highest BCUT2D eigenvalue weighted by molar-refractivity contribution is 7.80. The zero-order valence-corrected chi connectivity index (χ0v) is 30.7. The number of likely N-dealkylation sites (N-methyl/N-ethyl adjacent to an activating group) is 1. The van der Waals surface area contributed by atoms with Crippen LogP contribution in [0.1, 0.15) is 52.5 Å². The minimum Gasteiger partial charge on any atom is -0.495 e. The van der Waals surface area contributed by atoms with E-state index in [4.69, 9.17) is 35.3 Å². The number of carbonyl (C=O) groups is 4. The maximum Gasteiger partial charge on any atom is 0.409 e. The SMILES string of the molecule is COc1cc2cc(c1Cl)N(C)C(=O)CC(OC(=O)C(C)N(C)C(=O)CCS)C1(C)OC1(C)C1CC(O)(NC(=O)O1)C(OC)/C=C/C=C(\C)C2. The quantitative estimate of drug-likeness (QED) is 0.216. The molecule has 2 N–H and O–H groups in total. The smallest absolute Gasteiger partial charge is 0.409 e. The molecule has 3 amide bonds. The van der Waals surface area contributed by atoms with Crippen LogP contribution in [0, 0.1) is 0 Å². The molecule has 1 aromatic rings. The molecule has 2 saturated heterocycles. The van der Waals surface area contributed by atoms with Gasteiger partial charge in [-0.2, -0.15) is 12.6 Å². The lowest BCUT2D eigenvalue weighted by Crippen LogP contribution is -2.65. The number of nitrogens with one attached hydrogen (secondary N) is 1. The van der Waals surface area contributed by atoms with E-state index < -0.39 is 59.3 Å². The molecular formula is C34H46ClN3O10S. The van der Waals surface area contributed by atoms with E-state index in [0.717, 1.165) is 11.1 Å². The molecule has 0 radical (unpaired) electrons. The molecule has 4 bridgehead atoms. The molecular weight excluding hydrogens is 678 g/mol. The average Bonchev–Trinajstić information content (AvgIpc) is 3.63. The van der Waals surface area contributed by atoms with Gasteiger partial charge in [0.15, 0.2) is 5.72 Å². The van der Waals surface area contributed by atoms with Crippen molar-refractivity contribution in [1.82, 2.24) is 10.2 Å². The Hall–Kier alpha value is -3.30. The molecule has 0 aliphatic carbocycles. The van der Waals surface area contributed by atoms with Crippen LogP contribution in [0.5, 0.6) is 5.75 Å². The highest BCUT2D eigenvalue weighted by atomic mass is 35.5. The number of benzene rings is 1. The number of fused-ring (bicyclic) bond motifs is 6. The summed E-state index contributed by atoms with van der Waals surface area (Å²) in [4.78, 5) is 55.7. The number of rotatable bonds is 7. The van der Waals surface area contributed by atoms with Gasteiger partial charge in [-0.3, -0.25) is 14.9 Å². The number of nitrogens with zero attached hydrogens (tertiary/aromatic N) is 2. The second-order valence-electron chi connectivity index (χ2n) is 13.1. The molecule has 49 heavy (non-hydrogen) atoms. The summed E-state index contributed by atoms with van der Waals surface area (Å²) in [7, 11) is 5.92. The number of amides is 3. The summed E-state index contributed by atoms with van der Waals surface area (Å²) in [5, 5.41) is 14.4. The van der Waals surface area contributed by atoms with Crippen molar-refractivity contribution >= 4 is 53.8 Å². The maximum absolute atomic E-state index is 14.1. The van der Waals surface area contributed by atoms with Crippen LogP contribution in [-0.4, -0.2) is 109 Å². The Balaban J connectivity index is 1.81. The fraction of sp³-hybridized carbons (Fsp3) is 0.588. The van der Waals surface area contributed by atoms with Gasteiger partial charge >= 0.3 is 12.1 Å². The van der Waals surface area contributed by atoms with E-state index in [2.05, 4.69) is 17.9 Å². The zero-order chi connectivity index (χ0) is 36.5. The van der Waals surface area contributed by atoms with E-state index in [9.17, 15) is 24.3 Å². The molecule has 1 aromatic carbocycles. The number of ether oxygens (including phenoxy) is 5. The molecule has 7 atom stereocenters. The highest BCUT2D eigenvalue weighted by Crippen LogP contribution is 2.57. The fourth-order valence-corrected chi connectivity index (χ4v) is 6.83. The molecule has 15 heteroatoms. The van der Waals surface area contributed by atoms with Crippen LogP contribution in [0.4, 0.5) is 10.5 Å². The van der Waals surface area contributed by atoms with Crippen LogP contribution < -0.4 is 15.0 Å². The second-order valence-corrected chi connectivity index (χ2v) is 13.9. The molecule has 0 saturated carbocycles. The number of thiol groups is 1. The predicted octanol–water partition coefficient (Wildman–Crippen LogP) is 3.59. The van der Waals surface area contributed by atoms with E-state index in [-0.39, 0.29) is 30.2 Å². The predicted molar refractivity (Wildman–Crippen MR) is 185 cm³/mol. The van der Waals surface area contributed by atoms with Gasteiger partial charge in [0.05, 0.1) is 19.2 Å². The maximum atomic E-state index is 14.1. The van der Waals surface area contributed by atoms with Crippen molar-refractivity contribution in [3.63, 3.8) is 0 Å². The summed E-state index contributed by atoms with van der Waals surface area (Å²) in [6, 6.07) is 2.56. The Kier molecular flexibility index (Phi) is 11.7. The first kappa shape index (κ1) is 38.5. The van der Waals surface area contributed by atoms with Crippen LogP contribution in [0.3, 0.4) is 0 Å². The van der Waals surface area contributed by atoms with E-state index in [1.165, 1.54) is 38.0 Å². The highest BCUT2D eigenvalue weighted by Gasteiger charge is 2.75. The zero-order valence-electron chi connectivity index (χ0n) is 29.1. The molecule has 13 nitrogen and oxygen atoms in total. The first-order valence-corrected chi connectivity index (χ1v) is 16.9. The van der Waals surface area contributed by atoms with Crippen molar-refractivity contribution in [2.45, 2.75) is 94.7 Å². The number of anilines is 1. The molecule has 270 valence electrons. The summed E-state index contributed by atoms with van der Waals surface area (Å²) < 4.78 is 29.1. The number of epoxide rings is 1. The van der Waals surface area contributed by atoms with Crippen LogP contribution in [0.15, 0.2) is 35.9 Å². The number of allylic oxidation sites excluding steroid dienone is 3. The van der Waals surface area contributed by atoms with Gasteiger partial charge < -0.3 is 38.6 Å². The van der Waals surface area contributed by atoms with Crippen LogP contribution in [-0.2, 0) is 39.8 Å². The first-order valence-electron chi connectivity index (χ1n) is 15.9. The second kappa shape index (κ2) is 14.9. The minimum absolute atomic E-state index is 0.114. The lowest BCUT2D eigenvalue weighted by Gasteiger charge is -2.42. The third-order valence-electron chi connectivity index (χ3n) is 9.83. The monoisotopic (exact) mass is 723 g/mol. The largest absolute Gasteiger partial charge is 0.495 e. The molecule has 2 fully saturated rings.